The Balaban J connectivity index is 2.56. The summed E-state index contributed by atoms with van der Waals surface area (Å²) in [7, 11) is 1.40. The summed E-state index contributed by atoms with van der Waals surface area (Å²) >= 11 is 0. The van der Waals surface area contributed by atoms with Crippen LogP contribution in [0.25, 0.3) is 0 Å². The Morgan fingerprint density at radius 1 is 1.37 bits per heavy atom. The van der Waals surface area contributed by atoms with Crippen molar-refractivity contribution in [3.8, 4) is 0 Å². The summed E-state index contributed by atoms with van der Waals surface area (Å²) in [5.74, 6) is 1.00. The predicted octanol–water partition coefficient (Wildman–Crippen LogP) is 1.75. The molecular weight excluding hydrogens is 246 g/mol. The molecule has 0 radical (unpaired) electrons. The molecule has 1 aromatic heterocycles. The van der Waals surface area contributed by atoms with Crippen LogP contribution in [-0.4, -0.2) is 41.3 Å². The number of ether oxygens (including phenoxy) is 1. The lowest BCUT2D eigenvalue weighted by molar-refractivity contribution is -0.141. The highest BCUT2D eigenvalue weighted by atomic mass is 16.5. The first kappa shape index (κ1) is 15.6. The van der Waals surface area contributed by atoms with Crippen LogP contribution in [0, 0.1) is 0 Å². The first-order valence-corrected chi connectivity index (χ1v) is 6.48. The van der Waals surface area contributed by atoms with E-state index >= 15 is 0 Å². The van der Waals surface area contributed by atoms with E-state index in [4.69, 9.17) is 4.42 Å². The zero-order chi connectivity index (χ0) is 14.5. The Morgan fingerprint density at radius 2 is 2.05 bits per heavy atom. The third kappa shape index (κ3) is 4.98. The maximum atomic E-state index is 11.1. The molecule has 0 aliphatic carbocycles. The predicted molar refractivity (Wildman–Crippen MR) is 70.6 cm³/mol. The summed E-state index contributed by atoms with van der Waals surface area (Å²) in [6, 6.07) is 0. The molecule has 108 valence electrons. The van der Waals surface area contributed by atoms with Crippen LogP contribution in [0.3, 0.4) is 0 Å². The van der Waals surface area contributed by atoms with Crippen LogP contribution in [0.5, 0.6) is 0 Å². The van der Waals surface area contributed by atoms with E-state index in [1.54, 1.807) is 0 Å². The number of esters is 1. The molecule has 0 fully saturated rings. The largest absolute Gasteiger partial charge is 0.469 e. The minimum Gasteiger partial charge on any atom is -0.469 e. The van der Waals surface area contributed by atoms with Gasteiger partial charge in [0.2, 0.25) is 11.8 Å². The quantitative estimate of drug-likeness (QED) is 0.733. The van der Waals surface area contributed by atoms with E-state index in [2.05, 4.69) is 19.8 Å². The normalized spacial score (nSPS) is 11.9. The second kappa shape index (κ2) is 6.65. The highest BCUT2D eigenvalue weighted by Gasteiger charge is 2.22. The van der Waals surface area contributed by atoms with Gasteiger partial charge in [-0.15, -0.1) is 10.2 Å². The number of carbonyl (C=O) groups excluding carboxylic acids is 1. The molecule has 6 nitrogen and oxygen atoms in total. The summed E-state index contributed by atoms with van der Waals surface area (Å²) in [6.07, 6.45) is 0.366. The molecule has 1 heterocycles. The SMILES string of the molecule is CCN(CCC(=O)OC)Cc1nnc(C(C)(C)C)o1. The minimum absolute atomic E-state index is 0.145. The van der Waals surface area contributed by atoms with Gasteiger partial charge in [0.1, 0.15) is 0 Å². The second-order valence-electron chi connectivity index (χ2n) is 5.45. The van der Waals surface area contributed by atoms with Gasteiger partial charge in [0.15, 0.2) is 0 Å². The summed E-state index contributed by atoms with van der Waals surface area (Å²) in [6.45, 7) is 10.1. The van der Waals surface area contributed by atoms with Gasteiger partial charge in [-0.1, -0.05) is 27.7 Å². The van der Waals surface area contributed by atoms with E-state index < -0.39 is 0 Å². The van der Waals surface area contributed by atoms with Gasteiger partial charge in [-0.25, -0.2) is 0 Å². The molecule has 1 aromatic rings. The summed E-state index contributed by atoms with van der Waals surface area (Å²) < 4.78 is 10.3. The Bertz CT molecular complexity index is 410. The molecule has 0 aliphatic rings. The number of nitrogens with zero attached hydrogens (tertiary/aromatic N) is 3. The molecule has 19 heavy (non-hydrogen) atoms. The smallest absolute Gasteiger partial charge is 0.306 e. The van der Waals surface area contributed by atoms with Crippen molar-refractivity contribution >= 4 is 5.97 Å². The van der Waals surface area contributed by atoms with Crippen LogP contribution in [0.4, 0.5) is 0 Å². The van der Waals surface area contributed by atoms with Crippen LogP contribution in [-0.2, 0) is 21.5 Å². The molecule has 0 amide bonds. The molecule has 6 heteroatoms. The fourth-order valence-corrected chi connectivity index (χ4v) is 1.51. The number of hydrogen-bond acceptors (Lipinski definition) is 6. The maximum absolute atomic E-state index is 11.1. The number of aromatic nitrogens is 2. The van der Waals surface area contributed by atoms with Crippen molar-refractivity contribution in [3.63, 3.8) is 0 Å². The van der Waals surface area contributed by atoms with E-state index in [0.29, 0.717) is 31.3 Å². The summed E-state index contributed by atoms with van der Waals surface area (Å²) in [4.78, 5) is 13.2. The lowest BCUT2D eigenvalue weighted by Gasteiger charge is -2.17. The van der Waals surface area contributed by atoms with Crippen LogP contribution < -0.4 is 0 Å². The zero-order valence-corrected chi connectivity index (χ0v) is 12.4. The van der Waals surface area contributed by atoms with Crippen LogP contribution in [0.2, 0.25) is 0 Å². The maximum Gasteiger partial charge on any atom is 0.306 e. The average Bonchev–Trinajstić information content (AvgIpc) is 2.82. The third-order valence-electron chi connectivity index (χ3n) is 2.77. The van der Waals surface area contributed by atoms with Crippen molar-refractivity contribution in [2.45, 2.75) is 46.1 Å². The Labute approximate surface area is 114 Å². The molecule has 0 spiro atoms. The number of hydrogen-bond donors (Lipinski definition) is 0. The Hall–Kier alpha value is -1.43. The van der Waals surface area contributed by atoms with Gasteiger partial charge < -0.3 is 9.15 Å². The van der Waals surface area contributed by atoms with E-state index in [9.17, 15) is 4.79 Å². The van der Waals surface area contributed by atoms with E-state index in [1.165, 1.54) is 7.11 Å². The standard InChI is InChI=1S/C13H23N3O3/c1-6-16(8-7-11(17)18-5)9-10-14-15-12(19-10)13(2,3)4/h6-9H2,1-5H3. The lowest BCUT2D eigenvalue weighted by Crippen LogP contribution is -2.26. The molecule has 0 unspecified atom stereocenters. The average molecular weight is 269 g/mol. The molecule has 0 N–H and O–H groups in total. The molecule has 0 atom stereocenters. The van der Waals surface area contributed by atoms with Gasteiger partial charge in [0.25, 0.3) is 0 Å². The van der Waals surface area contributed by atoms with Crippen molar-refractivity contribution < 1.29 is 13.9 Å². The number of carbonyl (C=O) groups is 1. The van der Waals surface area contributed by atoms with Crippen LogP contribution in [0.1, 0.15) is 45.9 Å². The van der Waals surface area contributed by atoms with Gasteiger partial charge in [-0.2, -0.15) is 0 Å². The molecule has 0 aliphatic heterocycles. The van der Waals surface area contributed by atoms with E-state index in [1.807, 2.05) is 27.7 Å². The number of methoxy groups -OCH3 is 1. The topological polar surface area (TPSA) is 68.5 Å². The molecule has 0 saturated heterocycles. The Kier molecular flexibility index (Phi) is 5.47. The van der Waals surface area contributed by atoms with E-state index in [-0.39, 0.29) is 11.4 Å². The van der Waals surface area contributed by atoms with Gasteiger partial charge >= 0.3 is 5.97 Å². The van der Waals surface area contributed by atoms with E-state index in [0.717, 1.165) is 6.54 Å². The van der Waals surface area contributed by atoms with Crippen molar-refractivity contribution in [3.05, 3.63) is 11.8 Å². The minimum atomic E-state index is -0.209. The van der Waals surface area contributed by atoms with Gasteiger partial charge in [-0.3, -0.25) is 9.69 Å². The molecule has 0 saturated carbocycles. The van der Waals surface area contributed by atoms with Crippen molar-refractivity contribution in [1.29, 1.82) is 0 Å². The second-order valence-corrected chi connectivity index (χ2v) is 5.45. The van der Waals surface area contributed by atoms with Crippen molar-refractivity contribution in [2.24, 2.45) is 0 Å². The summed E-state index contributed by atoms with van der Waals surface area (Å²) in [5.41, 5.74) is -0.145. The lowest BCUT2D eigenvalue weighted by atomic mass is 9.97. The molecule has 1 rings (SSSR count). The highest BCUT2D eigenvalue weighted by molar-refractivity contribution is 5.69. The fourth-order valence-electron chi connectivity index (χ4n) is 1.51. The molecule has 0 aromatic carbocycles. The monoisotopic (exact) mass is 269 g/mol. The van der Waals surface area contributed by atoms with Crippen molar-refractivity contribution in [2.75, 3.05) is 20.2 Å². The van der Waals surface area contributed by atoms with Gasteiger partial charge in [-0.05, 0) is 6.54 Å². The molecular formula is C13H23N3O3. The third-order valence-corrected chi connectivity index (χ3v) is 2.77. The molecule has 0 bridgehead atoms. The Morgan fingerprint density at radius 3 is 2.53 bits per heavy atom. The van der Waals surface area contributed by atoms with Crippen molar-refractivity contribution in [1.82, 2.24) is 15.1 Å². The van der Waals surface area contributed by atoms with Crippen LogP contribution in [0.15, 0.2) is 4.42 Å². The fraction of sp³-hybridized carbons (Fsp3) is 0.769. The van der Waals surface area contributed by atoms with Gasteiger partial charge in [0, 0.05) is 12.0 Å². The summed E-state index contributed by atoms with van der Waals surface area (Å²) in [5, 5.41) is 8.09. The first-order valence-electron chi connectivity index (χ1n) is 6.48. The first-order chi connectivity index (χ1) is 8.86. The highest BCUT2D eigenvalue weighted by Crippen LogP contribution is 2.20. The van der Waals surface area contributed by atoms with Gasteiger partial charge in [0.05, 0.1) is 20.1 Å². The van der Waals surface area contributed by atoms with Crippen LogP contribution >= 0.6 is 0 Å². The number of rotatable bonds is 6. The zero-order valence-electron chi connectivity index (χ0n) is 12.4.